The highest BCUT2D eigenvalue weighted by molar-refractivity contribution is 5.85. The summed E-state index contributed by atoms with van der Waals surface area (Å²) in [5.41, 5.74) is 1.16. The molecule has 0 radical (unpaired) electrons. The van der Waals surface area contributed by atoms with E-state index in [0.29, 0.717) is 11.1 Å². The van der Waals surface area contributed by atoms with E-state index in [1.165, 1.54) is 0 Å². The molecule has 0 aliphatic carbocycles. The zero-order valence-corrected chi connectivity index (χ0v) is 12.8. The van der Waals surface area contributed by atoms with E-state index < -0.39 is 5.82 Å². The number of nitrogens with one attached hydrogen (secondary N) is 1. The summed E-state index contributed by atoms with van der Waals surface area (Å²) in [6, 6.07) is 3.59. The molecule has 2 rings (SSSR count). The zero-order valence-electron chi connectivity index (χ0n) is 11.1. The van der Waals surface area contributed by atoms with E-state index in [9.17, 15) is 9.50 Å². The van der Waals surface area contributed by atoms with Gasteiger partial charge in [0, 0.05) is 37.8 Å². The van der Waals surface area contributed by atoms with Crippen LogP contribution in [0.1, 0.15) is 24.1 Å². The molecule has 1 aromatic rings. The van der Waals surface area contributed by atoms with Gasteiger partial charge in [-0.3, -0.25) is 4.90 Å². The fourth-order valence-corrected chi connectivity index (χ4v) is 2.28. The molecule has 2 N–H and O–H groups in total. The molecule has 0 aromatic heterocycles. The number of phenolic OH excluding ortho intramolecular Hbond substituents is 1. The first kappa shape index (κ1) is 18.4. The average molecular weight is 311 g/mol. The molecule has 3 nitrogen and oxygen atoms in total. The topological polar surface area (TPSA) is 35.5 Å². The number of benzene rings is 1. The third kappa shape index (κ3) is 3.96. The fourth-order valence-electron chi connectivity index (χ4n) is 2.28. The van der Waals surface area contributed by atoms with Crippen LogP contribution in [0.2, 0.25) is 0 Å². The summed E-state index contributed by atoms with van der Waals surface area (Å²) < 4.78 is 13.6. The van der Waals surface area contributed by atoms with Crippen molar-refractivity contribution in [3.8, 4) is 5.75 Å². The number of halogens is 3. The molecule has 1 saturated heterocycles. The number of rotatable bonds is 2. The molecule has 0 amide bonds. The second-order valence-electron chi connectivity index (χ2n) is 4.60. The quantitative estimate of drug-likeness (QED) is 0.881. The normalized spacial score (nSPS) is 17.2. The van der Waals surface area contributed by atoms with Crippen molar-refractivity contribution >= 4 is 24.8 Å². The Morgan fingerprint density at radius 3 is 2.42 bits per heavy atom. The summed E-state index contributed by atoms with van der Waals surface area (Å²) in [6.45, 7) is 7.41. The van der Waals surface area contributed by atoms with Crippen molar-refractivity contribution in [2.24, 2.45) is 0 Å². The van der Waals surface area contributed by atoms with Gasteiger partial charge in [0.1, 0.15) is 0 Å². The van der Waals surface area contributed by atoms with Crippen molar-refractivity contribution in [1.29, 1.82) is 0 Å². The minimum atomic E-state index is -0.496. The van der Waals surface area contributed by atoms with Crippen LogP contribution in [0.4, 0.5) is 4.39 Å². The predicted molar refractivity (Wildman–Crippen MR) is 80.2 cm³/mol. The molecule has 1 aliphatic rings. The maximum Gasteiger partial charge on any atom is 0.168 e. The first-order valence-corrected chi connectivity index (χ1v) is 6.04. The Kier molecular flexibility index (Phi) is 7.67. The number of nitrogens with zero attached hydrogens (tertiary/aromatic N) is 1. The van der Waals surface area contributed by atoms with Crippen LogP contribution in [-0.4, -0.2) is 36.2 Å². The summed E-state index contributed by atoms with van der Waals surface area (Å²) in [6.07, 6.45) is 0. The summed E-state index contributed by atoms with van der Waals surface area (Å²) in [7, 11) is 0. The summed E-state index contributed by atoms with van der Waals surface area (Å²) in [5, 5.41) is 13.1. The lowest BCUT2D eigenvalue weighted by Crippen LogP contribution is -2.44. The van der Waals surface area contributed by atoms with Crippen LogP contribution in [-0.2, 0) is 0 Å². The maximum atomic E-state index is 13.6. The summed E-state index contributed by atoms with van der Waals surface area (Å²) >= 11 is 0. The van der Waals surface area contributed by atoms with Gasteiger partial charge >= 0.3 is 0 Å². The van der Waals surface area contributed by atoms with E-state index in [1.54, 1.807) is 13.0 Å². The molecule has 110 valence electrons. The Morgan fingerprint density at radius 2 is 1.84 bits per heavy atom. The number of piperazine rings is 1. The van der Waals surface area contributed by atoms with Crippen molar-refractivity contribution in [3.05, 3.63) is 29.1 Å². The van der Waals surface area contributed by atoms with Crippen LogP contribution in [0, 0.1) is 12.7 Å². The van der Waals surface area contributed by atoms with Gasteiger partial charge in [-0.15, -0.1) is 24.8 Å². The van der Waals surface area contributed by atoms with Crippen molar-refractivity contribution in [2.75, 3.05) is 26.2 Å². The fraction of sp³-hybridized carbons (Fsp3) is 0.538. The monoisotopic (exact) mass is 310 g/mol. The van der Waals surface area contributed by atoms with Crippen LogP contribution in [0.3, 0.4) is 0 Å². The first-order chi connectivity index (χ1) is 8.11. The summed E-state index contributed by atoms with van der Waals surface area (Å²) in [4.78, 5) is 2.25. The molecular formula is C13H21Cl2FN2O. The van der Waals surface area contributed by atoms with Crippen molar-refractivity contribution < 1.29 is 9.50 Å². The molecule has 1 atom stereocenters. The highest BCUT2D eigenvalue weighted by Crippen LogP contribution is 2.32. The molecule has 0 spiro atoms. The Bertz CT molecular complexity index is 412. The highest BCUT2D eigenvalue weighted by Gasteiger charge is 2.22. The number of aromatic hydroxyl groups is 1. The first-order valence-electron chi connectivity index (χ1n) is 6.04. The second kappa shape index (κ2) is 7.90. The second-order valence-corrected chi connectivity index (χ2v) is 4.60. The Balaban J connectivity index is 0.00000162. The SMILES string of the molecule is Cc1ccc([C@@H](C)N2CCNCC2)c(O)c1F.Cl.Cl. The van der Waals surface area contributed by atoms with Crippen LogP contribution in [0.25, 0.3) is 0 Å². The van der Waals surface area contributed by atoms with E-state index in [-0.39, 0.29) is 36.6 Å². The molecular weight excluding hydrogens is 290 g/mol. The van der Waals surface area contributed by atoms with Crippen molar-refractivity contribution in [2.45, 2.75) is 19.9 Å². The number of hydrogen-bond acceptors (Lipinski definition) is 3. The number of aryl methyl sites for hydroxylation is 1. The third-order valence-corrected chi connectivity index (χ3v) is 3.49. The van der Waals surface area contributed by atoms with E-state index in [0.717, 1.165) is 26.2 Å². The van der Waals surface area contributed by atoms with E-state index in [2.05, 4.69) is 10.2 Å². The van der Waals surface area contributed by atoms with Gasteiger partial charge in [-0.05, 0) is 19.4 Å². The Labute approximate surface area is 126 Å². The zero-order chi connectivity index (χ0) is 12.4. The molecule has 19 heavy (non-hydrogen) atoms. The molecule has 0 bridgehead atoms. The molecule has 1 aliphatic heterocycles. The van der Waals surface area contributed by atoms with Gasteiger partial charge in [-0.1, -0.05) is 12.1 Å². The molecule has 0 unspecified atom stereocenters. The van der Waals surface area contributed by atoms with Gasteiger partial charge in [-0.2, -0.15) is 0 Å². The van der Waals surface area contributed by atoms with Crippen LogP contribution >= 0.6 is 24.8 Å². The molecule has 1 heterocycles. The van der Waals surface area contributed by atoms with Gasteiger partial charge in [-0.25, -0.2) is 4.39 Å². The standard InChI is InChI=1S/C13H19FN2O.2ClH/c1-9-3-4-11(13(17)12(9)14)10(2)16-7-5-15-6-8-16;;/h3-4,10,15,17H,5-8H2,1-2H3;2*1H/t10-;;/m1../s1. The van der Waals surface area contributed by atoms with Gasteiger partial charge in [0.25, 0.3) is 0 Å². The van der Waals surface area contributed by atoms with Gasteiger partial charge in [0.15, 0.2) is 11.6 Å². The highest BCUT2D eigenvalue weighted by atomic mass is 35.5. The number of hydrogen-bond donors (Lipinski definition) is 2. The summed E-state index contributed by atoms with van der Waals surface area (Å²) in [5.74, 6) is -0.694. The van der Waals surface area contributed by atoms with Crippen LogP contribution in [0.5, 0.6) is 5.75 Å². The van der Waals surface area contributed by atoms with Crippen molar-refractivity contribution in [1.82, 2.24) is 10.2 Å². The maximum absolute atomic E-state index is 13.6. The molecule has 1 fully saturated rings. The minimum absolute atomic E-state index is 0. The minimum Gasteiger partial charge on any atom is -0.505 e. The van der Waals surface area contributed by atoms with Gasteiger partial charge in [0.2, 0.25) is 0 Å². The van der Waals surface area contributed by atoms with Crippen molar-refractivity contribution in [3.63, 3.8) is 0 Å². The van der Waals surface area contributed by atoms with Crippen LogP contribution in [0.15, 0.2) is 12.1 Å². The average Bonchev–Trinajstić information content (AvgIpc) is 2.36. The van der Waals surface area contributed by atoms with E-state index in [4.69, 9.17) is 0 Å². The molecule has 6 heteroatoms. The van der Waals surface area contributed by atoms with Crippen LogP contribution < -0.4 is 5.32 Å². The molecule has 1 aromatic carbocycles. The smallest absolute Gasteiger partial charge is 0.168 e. The Morgan fingerprint density at radius 1 is 1.26 bits per heavy atom. The molecule has 0 saturated carbocycles. The lowest BCUT2D eigenvalue weighted by molar-refractivity contribution is 0.182. The largest absolute Gasteiger partial charge is 0.505 e. The third-order valence-electron chi connectivity index (χ3n) is 3.49. The van der Waals surface area contributed by atoms with E-state index in [1.807, 2.05) is 13.0 Å². The lowest BCUT2D eigenvalue weighted by Gasteiger charge is -2.33. The number of phenols is 1. The predicted octanol–water partition coefficient (Wildman–Crippen LogP) is 2.65. The van der Waals surface area contributed by atoms with E-state index >= 15 is 0 Å². The van der Waals surface area contributed by atoms with Gasteiger partial charge in [0.05, 0.1) is 0 Å². The Hall–Kier alpha value is -0.550. The van der Waals surface area contributed by atoms with Gasteiger partial charge < -0.3 is 10.4 Å². The lowest BCUT2D eigenvalue weighted by atomic mass is 10.0.